The van der Waals surface area contributed by atoms with Crippen molar-refractivity contribution in [3.63, 3.8) is 0 Å². The van der Waals surface area contributed by atoms with Gasteiger partial charge >= 0.3 is 0 Å². The lowest BCUT2D eigenvalue weighted by atomic mass is 9.93. The lowest BCUT2D eigenvalue weighted by molar-refractivity contribution is 0.481. The smallest absolute Gasteiger partial charge is 0.295 e. The molecule has 34 heavy (non-hydrogen) atoms. The standard InChI is InChI=1S/C23H22N2O7S2/c1-3-25(4-2)15-6-9-18-21(12-15)32-20-11-14(24)5-8-17(20)23(18)19-10-7-16(33(26,27)28)13-22(19)34(29,30)31/h5-13,24H,3-4H2,1-2H3,(H,26,27,28)(H,29,30,31). The Hall–Kier alpha value is -3.25. The van der Waals surface area contributed by atoms with E-state index in [-0.39, 0.29) is 10.9 Å². The van der Waals surface area contributed by atoms with Crippen molar-refractivity contribution >= 4 is 36.9 Å². The van der Waals surface area contributed by atoms with Crippen LogP contribution in [0.15, 0.2) is 68.8 Å². The van der Waals surface area contributed by atoms with Crippen LogP contribution < -0.4 is 10.3 Å². The van der Waals surface area contributed by atoms with E-state index in [9.17, 15) is 25.9 Å². The Morgan fingerprint density at radius 2 is 1.53 bits per heavy atom. The third kappa shape index (κ3) is 4.30. The first kappa shape index (κ1) is 23.9. The van der Waals surface area contributed by atoms with Crippen molar-refractivity contribution in [3.05, 3.63) is 60.0 Å². The highest BCUT2D eigenvalue weighted by molar-refractivity contribution is 7.86. The van der Waals surface area contributed by atoms with Crippen LogP contribution in [0.1, 0.15) is 13.8 Å². The zero-order chi connectivity index (χ0) is 24.8. The van der Waals surface area contributed by atoms with Crippen LogP contribution >= 0.6 is 0 Å². The van der Waals surface area contributed by atoms with Crippen LogP contribution in [0.2, 0.25) is 0 Å². The van der Waals surface area contributed by atoms with Crippen LogP contribution in [0.25, 0.3) is 33.4 Å². The molecule has 0 unspecified atom stereocenters. The minimum absolute atomic E-state index is 0.0222. The number of benzene rings is 3. The molecule has 0 saturated carbocycles. The van der Waals surface area contributed by atoms with Gasteiger partial charge in [-0.15, -0.1) is 0 Å². The van der Waals surface area contributed by atoms with Crippen LogP contribution in [0.4, 0.5) is 5.69 Å². The third-order valence-corrected chi connectivity index (χ3v) is 7.38. The fourth-order valence-electron chi connectivity index (χ4n) is 4.04. The molecule has 0 bridgehead atoms. The molecule has 2 aliphatic rings. The number of fused-ring (bicyclic) bond motifs is 2. The van der Waals surface area contributed by atoms with Gasteiger partial charge in [-0.1, -0.05) is 6.07 Å². The molecule has 1 heterocycles. The number of anilines is 1. The molecule has 1 aliphatic carbocycles. The molecule has 1 aliphatic heterocycles. The van der Waals surface area contributed by atoms with E-state index in [1.807, 2.05) is 26.0 Å². The lowest BCUT2D eigenvalue weighted by Gasteiger charge is -2.22. The first-order valence-electron chi connectivity index (χ1n) is 10.3. The van der Waals surface area contributed by atoms with Gasteiger partial charge in [0.05, 0.1) is 10.3 Å². The van der Waals surface area contributed by atoms with Gasteiger partial charge in [-0.25, -0.2) is 0 Å². The van der Waals surface area contributed by atoms with Gasteiger partial charge < -0.3 is 14.7 Å². The average Bonchev–Trinajstić information content (AvgIpc) is 2.76. The number of hydrogen-bond donors (Lipinski definition) is 3. The van der Waals surface area contributed by atoms with Crippen LogP contribution in [0.5, 0.6) is 0 Å². The summed E-state index contributed by atoms with van der Waals surface area (Å²) in [6.45, 7) is 5.53. The summed E-state index contributed by atoms with van der Waals surface area (Å²) in [4.78, 5) is 0.749. The Morgan fingerprint density at radius 1 is 0.853 bits per heavy atom. The highest BCUT2D eigenvalue weighted by Gasteiger charge is 2.26. The summed E-state index contributed by atoms with van der Waals surface area (Å²) in [6.07, 6.45) is 0. The van der Waals surface area contributed by atoms with Crippen LogP contribution in [-0.4, -0.2) is 39.0 Å². The molecule has 0 atom stereocenters. The molecular formula is C23H22N2O7S2. The lowest BCUT2D eigenvalue weighted by Crippen LogP contribution is -2.21. The van der Waals surface area contributed by atoms with E-state index in [0.717, 1.165) is 24.8 Å². The predicted molar refractivity (Wildman–Crippen MR) is 127 cm³/mol. The molecule has 0 spiro atoms. The minimum atomic E-state index is -4.89. The average molecular weight is 503 g/mol. The van der Waals surface area contributed by atoms with Crippen LogP contribution in [0, 0.1) is 5.41 Å². The summed E-state index contributed by atoms with van der Waals surface area (Å²) < 4.78 is 73.2. The van der Waals surface area contributed by atoms with Gasteiger partial charge in [-0.2, -0.15) is 16.8 Å². The monoisotopic (exact) mass is 502 g/mol. The number of rotatable bonds is 6. The molecule has 0 radical (unpaired) electrons. The summed E-state index contributed by atoms with van der Waals surface area (Å²) >= 11 is 0. The van der Waals surface area contributed by atoms with E-state index in [0.29, 0.717) is 33.9 Å². The molecular weight excluding hydrogens is 480 g/mol. The Labute approximate surface area is 196 Å². The van der Waals surface area contributed by atoms with Crippen molar-refractivity contribution < 1.29 is 30.4 Å². The SMILES string of the molecule is CCN(CC)c1ccc2c(-c3ccc(S(=O)(=O)O)cc3S(=O)(=O)O)c3ccc(=N)cc-3oc2c1. The van der Waals surface area contributed by atoms with Gasteiger partial charge in [0.25, 0.3) is 20.2 Å². The van der Waals surface area contributed by atoms with Crippen molar-refractivity contribution in [2.45, 2.75) is 23.6 Å². The number of hydrogen-bond acceptors (Lipinski definition) is 7. The van der Waals surface area contributed by atoms with E-state index < -0.39 is 30.0 Å². The molecule has 0 amide bonds. The first-order chi connectivity index (χ1) is 15.9. The summed E-state index contributed by atoms with van der Waals surface area (Å²) in [6, 6.07) is 13.0. The molecule has 3 N–H and O–H groups in total. The summed E-state index contributed by atoms with van der Waals surface area (Å²) in [5, 5.41) is 8.67. The molecule has 11 heteroatoms. The van der Waals surface area contributed by atoms with Crippen molar-refractivity contribution in [1.82, 2.24) is 0 Å². The van der Waals surface area contributed by atoms with Crippen LogP contribution in [0.3, 0.4) is 0 Å². The topological polar surface area (TPSA) is 149 Å². The summed E-state index contributed by atoms with van der Waals surface area (Å²) in [5.41, 5.74) is 2.15. The molecule has 9 nitrogen and oxygen atoms in total. The van der Waals surface area contributed by atoms with Gasteiger partial charge in [0.1, 0.15) is 16.2 Å². The summed E-state index contributed by atoms with van der Waals surface area (Å²) in [5.74, 6) is 0.312. The number of nitrogens with zero attached hydrogens (tertiary/aromatic N) is 1. The molecule has 0 saturated heterocycles. The molecule has 0 aromatic heterocycles. The van der Waals surface area contributed by atoms with Gasteiger partial charge in [0.2, 0.25) is 0 Å². The van der Waals surface area contributed by atoms with E-state index in [1.165, 1.54) is 18.2 Å². The zero-order valence-corrected chi connectivity index (χ0v) is 19.9. The fourth-order valence-corrected chi connectivity index (χ4v) is 5.34. The normalized spacial score (nSPS) is 12.4. The van der Waals surface area contributed by atoms with E-state index >= 15 is 0 Å². The maximum atomic E-state index is 12.3. The second-order valence-electron chi connectivity index (χ2n) is 7.65. The molecule has 178 valence electrons. The first-order valence-corrected chi connectivity index (χ1v) is 13.2. The van der Waals surface area contributed by atoms with Crippen molar-refractivity contribution in [2.75, 3.05) is 18.0 Å². The zero-order valence-electron chi connectivity index (χ0n) is 18.3. The number of nitrogens with one attached hydrogen (secondary N) is 1. The van der Waals surface area contributed by atoms with E-state index in [2.05, 4.69) is 4.90 Å². The molecule has 0 fully saturated rings. The molecule has 2 aromatic carbocycles. The second-order valence-corrected chi connectivity index (χ2v) is 10.5. The van der Waals surface area contributed by atoms with Gasteiger partial charge in [-0.05, 0) is 50.2 Å². The Bertz CT molecular complexity index is 1650. The van der Waals surface area contributed by atoms with E-state index in [4.69, 9.17) is 9.83 Å². The molecule has 4 rings (SSSR count). The fraction of sp³-hybridized carbons (Fsp3) is 0.174. The van der Waals surface area contributed by atoms with Crippen molar-refractivity contribution in [2.24, 2.45) is 0 Å². The minimum Gasteiger partial charge on any atom is -0.456 e. The second kappa shape index (κ2) is 8.51. The molecule has 2 aromatic rings. The maximum Gasteiger partial charge on any atom is 0.295 e. The highest BCUT2D eigenvalue weighted by Crippen LogP contribution is 2.43. The quantitative estimate of drug-likeness (QED) is 0.264. The largest absolute Gasteiger partial charge is 0.456 e. The van der Waals surface area contributed by atoms with Crippen molar-refractivity contribution in [1.29, 1.82) is 5.41 Å². The predicted octanol–water partition coefficient (Wildman–Crippen LogP) is 4.02. The van der Waals surface area contributed by atoms with Gasteiger partial charge in [0.15, 0.2) is 0 Å². The van der Waals surface area contributed by atoms with Crippen LogP contribution in [-0.2, 0) is 20.2 Å². The third-order valence-electron chi connectivity index (χ3n) is 5.63. The van der Waals surface area contributed by atoms with E-state index in [1.54, 1.807) is 12.1 Å². The highest BCUT2D eigenvalue weighted by atomic mass is 32.2. The van der Waals surface area contributed by atoms with Gasteiger partial charge in [0, 0.05) is 53.0 Å². The Balaban J connectivity index is 2.16. The van der Waals surface area contributed by atoms with Gasteiger partial charge in [-0.3, -0.25) is 9.11 Å². The Morgan fingerprint density at radius 3 is 2.15 bits per heavy atom. The Kier molecular flexibility index (Phi) is 5.98. The summed E-state index contributed by atoms with van der Waals surface area (Å²) in [7, 11) is -9.61. The maximum absolute atomic E-state index is 12.3. The van der Waals surface area contributed by atoms with Crippen molar-refractivity contribution in [3.8, 4) is 22.5 Å².